The van der Waals surface area contributed by atoms with Crippen LogP contribution in [0.25, 0.3) is 5.69 Å². The monoisotopic (exact) mass is 557 g/mol. The van der Waals surface area contributed by atoms with Gasteiger partial charge in [-0.05, 0) is 74.4 Å². The lowest BCUT2D eigenvalue weighted by molar-refractivity contribution is -0.152. The number of aliphatic carboxylic acids is 1. The number of aryl methyl sites for hydroxylation is 1. The Bertz CT molecular complexity index is 1550. The van der Waals surface area contributed by atoms with Crippen molar-refractivity contribution in [1.82, 2.24) is 14.3 Å². The van der Waals surface area contributed by atoms with Gasteiger partial charge in [-0.2, -0.15) is 17.9 Å². The van der Waals surface area contributed by atoms with Gasteiger partial charge < -0.3 is 9.84 Å². The summed E-state index contributed by atoms with van der Waals surface area (Å²) < 4.78 is 47.2. The van der Waals surface area contributed by atoms with Gasteiger partial charge in [0.25, 0.3) is 0 Å². The molecular weight excluding hydrogens is 531 g/mol. The van der Waals surface area contributed by atoms with E-state index in [0.29, 0.717) is 11.6 Å². The van der Waals surface area contributed by atoms with Crippen LogP contribution in [-0.2, 0) is 18.0 Å². The average Bonchev–Trinajstić information content (AvgIpc) is 3.18. The maximum atomic E-state index is 13.1. The van der Waals surface area contributed by atoms with Crippen LogP contribution in [0.15, 0.2) is 82.5 Å². The summed E-state index contributed by atoms with van der Waals surface area (Å²) in [5.74, 6) is -0.253. The van der Waals surface area contributed by atoms with Crippen LogP contribution < -0.4 is 10.4 Å². The summed E-state index contributed by atoms with van der Waals surface area (Å²) in [5.41, 5.74) is -0.921. The minimum Gasteiger partial charge on any atom is -0.478 e. The summed E-state index contributed by atoms with van der Waals surface area (Å²) in [6, 6.07) is 19.0. The van der Waals surface area contributed by atoms with Gasteiger partial charge in [-0.15, -0.1) is 16.9 Å². The Morgan fingerprint density at radius 3 is 2.23 bits per heavy atom. The summed E-state index contributed by atoms with van der Waals surface area (Å²) in [5, 5.41) is 13.5. The summed E-state index contributed by atoms with van der Waals surface area (Å²) in [6.45, 7) is 4.75. The van der Waals surface area contributed by atoms with Gasteiger partial charge in [-0.3, -0.25) is 4.57 Å². The van der Waals surface area contributed by atoms with Crippen LogP contribution in [0.2, 0.25) is 0 Å². The predicted octanol–water partition coefficient (Wildman–Crippen LogP) is 6.02. The molecule has 4 rings (SSSR count). The number of hydrogen-bond donors (Lipinski definition) is 1. The van der Waals surface area contributed by atoms with Gasteiger partial charge >= 0.3 is 17.8 Å². The molecule has 11 heteroatoms. The fourth-order valence-corrected chi connectivity index (χ4v) is 5.07. The molecule has 0 amide bonds. The van der Waals surface area contributed by atoms with Crippen molar-refractivity contribution in [2.24, 2.45) is 7.05 Å². The third kappa shape index (κ3) is 6.03. The molecule has 0 fully saturated rings. The SMILES string of the molecule is Cc1cc(SC(c2ccccc2)c2nn(-c3ccc(C(F)(F)F)cc3)c(=O)n2C)ccc1OC(C)(C)C(=O)O. The van der Waals surface area contributed by atoms with Crippen molar-refractivity contribution in [3.63, 3.8) is 0 Å². The molecule has 0 radical (unpaired) electrons. The molecule has 1 atom stereocenters. The van der Waals surface area contributed by atoms with Gasteiger partial charge in [0.2, 0.25) is 0 Å². The molecule has 1 unspecified atom stereocenters. The second-order valence-electron chi connectivity index (χ2n) is 9.41. The maximum Gasteiger partial charge on any atom is 0.416 e. The summed E-state index contributed by atoms with van der Waals surface area (Å²) >= 11 is 1.42. The smallest absolute Gasteiger partial charge is 0.416 e. The second kappa shape index (κ2) is 10.6. The first-order chi connectivity index (χ1) is 18.3. The Balaban J connectivity index is 1.71. The summed E-state index contributed by atoms with van der Waals surface area (Å²) in [4.78, 5) is 25.4. The molecule has 1 aromatic heterocycles. The van der Waals surface area contributed by atoms with Crippen LogP contribution in [0.5, 0.6) is 5.75 Å². The lowest BCUT2D eigenvalue weighted by Crippen LogP contribution is -2.38. The predicted molar refractivity (Wildman–Crippen MR) is 141 cm³/mol. The molecule has 4 aromatic rings. The van der Waals surface area contributed by atoms with E-state index in [4.69, 9.17) is 4.74 Å². The first-order valence-electron chi connectivity index (χ1n) is 11.9. The van der Waals surface area contributed by atoms with Crippen molar-refractivity contribution in [1.29, 1.82) is 0 Å². The van der Waals surface area contributed by atoms with Gasteiger partial charge in [0.1, 0.15) is 5.75 Å². The molecule has 204 valence electrons. The zero-order valence-electron chi connectivity index (χ0n) is 21.6. The molecule has 0 bridgehead atoms. The van der Waals surface area contributed by atoms with E-state index < -0.39 is 34.2 Å². The molecule has 0 aliphatic carbocycles. The molecule has 0 aliphatic rings. The Kier molecular flexibility index (Phi) is 7.65. The number of thioether (sulfide) groups is 1. The van der Waals surface area contributed by atoms with Crippen LogP contribution in [0, 0.1) is 6.92 Å². The molecule has 7 nitrogen and oxygen atoms in total. The molecule has 39 heavy (non-hydrogen) atoms. The first-order valence-corrected chi connectivity index (χ1v) is 12.7. The quantitative estimate of drug-likeness (QED) is 0.267. The standard InChI is InChI=1S/C28H26F3N3O4S/c1-17-16-21(14-15-22(17)38-27(2,3)25(35)36)39-23(18-8-6-5-7-9-18)24-32-34(26(37)33(24)4)20-12-10-19(11-13-20)28(29,30)31/h5-16,23H,1-4H3,(H,35,36). The van der Waals surface area contributed by atoms with Crippen molar-refractivity contribution in [2.75, 3.05) is 0 Å². The van der Waals surface area contributed by atoms with Crippen LogP contribution in [0.4, 0.5) is 13.2 Å². The van der Waals surface area contributed by atoms with Crippen molar-refractivity contribution < 1.29 is 27.8 Å². The van der Waals surface area contributed by atoms with Crippen molar-refractivity contribution in [3.8, 4) is 11.4 Å². The van der Waals surface area contributed by atoms with Gasteiger partial charge in [0, 0.05) is 11.9 Å². The number of hydrogen-bond acceptors (Lipinski definition) is 5. The maximum absolute atomic E-state index is 13.1. The lowest BCUT2D eigenvalue weighted by atomic mass is 10.1. The van der Waals surface area contributed by atoms with E-state index in [-0.39, 0.29) is 5.69 Å². The van der Waals surface area contributed by atoms with Gasteiger partial charge in [-0.1, -0.05) is 30.3 Å². The van der Waals surface area contributed by atoms with Crippen LogP contribution in [-0.4, -0.2) is 31.0 Å². The molecule has 0 saturated heterocycles. The highest BCUT2D eigenvalue weighted by atomic mass is 32.2. The number of halogens is 3. The lowest BCUT2D eigenvalue weighted by Gasteiger charge is -2.23. The average molecular weight is 558 g/mol. The summed E-state index contributed by atoms with van der Waals surface area (Å²) in [6.07, 6.45) is -4.49. The fourth-order valence-electron chi connectivity index (χ4n) is 3.80. The van der Waals surface area contributed by atoms with Gasteiger partial charge in [0.15, 0.2) is 11.4 Å². The highest BCUT2D eigenvalue weighted by molar-refractivity contribution is 7.99. The number of alkyl halides is 3. The molecule has 1 heterocycles. The molecule has 1 N–H and O–H groups in total. The van der Waals surface area contributed by atoms with E-state index >= 15 is 0 Å². The van der Waals surface area contributed by atoms with Crippen molar-refractivity contribution >= 4 is 17.7 Å². The third-order valence-corrected chi connectivity index (χ3v) is 7.32. The van der Waals surface area contributed by atoms with Crippen molar-refractivity contribution in [3.05, 3.63) is 106 Å². The Hall–Kier alpha value is -3.99. The highest BCUT2D eigenvalue weighted by Crippen LogP contribution is 2.41. The van der Waals surface area contributed by atoms with E-state index in [1.807, 2.05) is 43.3 Å². The van der Waals surface area contributed by atoms with E-state index in [1.165, 1.54) is 42.3 Å². The molecule has 0 aliphatic heterocycles. The van der Waals surface area contributed by atoms with Crippen LogP contribution in [0.1, 0.15) is 41.6 Å². The first kappa shape index (κ1) is 28.0. The Labute approximate surface area is 226 Å². The zero-order chi connectivity index (χ0) is 28.5. The highest BCUT2D eigenvalue weighted by Gasteiger charge is 2.31. The Morgan fingerprint density at radius 1 is 1.03 bits per heavy atom. The number of carboxylic acid groups (broad SMARTS) is 1. The normalized spacial score (nSPS) is 12.8. The number of benzene rings is 3. The third-order valence-electron chi connectivity index (χ3n) is 6.07. The zero-order valence-corrected chi connectivity index (χ0v) is 22.4. The number of carbonyl (C=O) groups is 1. The molecule has 0 spiro atoms. The van der Waals surface area contributed by atoms with E-state index in [9.17, 15) is 27.9 Å². The largest absolute Gasteiger partial charge is 0.478 e. The van der Waals surface area contributed by atoms with E-state index in [1.54, 1.807) is 19.2 Å². The van der Waals surface area contributed by atoms with Crippen LogP contribution >= 0.6 is 11.8 Å². The second-order valence-corrected chi connectivity index (χ2v) is 10.6. The number of nitrogens with zero attached hydrogens (tertiary/aromatic N) is 3. The minimum atomic E-state index is -4.49. The Morgan fingerprint density at radius 2 is 1.67 bits per heavy atom. The van der Waals surface area contributed by atoms with E-state index in [0.717, 1.165) is 32.8 Å². The number of ether oxygens (including phenoxy) is 1. The topological polar surface area (TPSA) is 86.4 Å². The van der Waals surface area contributed by atoms with Crippen molar-refractivity contribution in [2.45, 2.75) is 42.7 Å². The summed E-state index contributed by atoms with van der Waals surface area (Å²) in [7, 11) is 1.57. The number of rotatable bonds is 8. The number of carboxylic acids is 1. The van der Waals surface area contributed by atoms with Gasteiger partial charge in [-0.25, -0.2) is 9.59 Å². The number of aromatic nitrogens is 3. The fraction of sp³-hybridized carbons (Fsp3) is 0.250. The minimum absolute atomic E-state index is 0.213. The molecule has 0 saturated carbocycles. The van der Waals surface area contributed by atoms with Gasteiger partial charge in [0.05, 0.1) is 16.5 Å². The van der Waals surface area contributed by atoms with E-state index in [2.05, 4.69) is 5.10 Å². The molecular formula is C28H26F3N3O4S. The van der Waals surface area contributed by atoms with Crippen LogP contribution in [0.3, 0.4) is 0 Å². The molecule has 3 aromatic carbocycles.